The van der Waals surface area contributed by atoms with E-state index in [9.17, 15) is 0 Å². The molecule has 0 bridgehead atoms. The van der Waals surface area contributed by atoms with E-state index in [4.69, 9.17) is 0 Å². The van der Waals surface area contributed by atoms with Crippen molar-refractivity contribution in [1.29, 1.82) is 0 Å². The van der Waals surface area contributed by atoms with Crippen molar-refractivity contribution in [2.75, 3.05) is 24.5 Å². The van der Waals surface area contributed by atoms with Crippen LogP contribution in [0.5, 0.6) is 0 Å². The van der Waals surface area contributed by atoms with Crippen molar-refractivity contribution in [2.45, 2.75) is 37.6 Å². The Labute approximate surface area is 103 Å². The smallest absolute Gasteiger partial charge is 0.0451 e. The van der Waals surface area contributed by atoms with Crippen molar-refractivity contribution in [3.05, 3.63) is 29.3 Å². The highest BCUT2D eigenvalue weighted by Crippen LogP contribution is 2.51. The molecule has 1 aliphatic carbocycles. The van der Waals surface area contributed by atoms with E-state index in [2.05, 4.69) is 28.4 Å². The molecule has 90 valence electrons. The van der Waals surface area contributed by atoms with E-state index in [-0.39, 0.29) is 0 Å². The molecule has 2 heteroatoms. The molecule has 2 heterocycles. The summed E-state index contributed by atoms with van der Waals surface area (Å²) in [6.45, 7) is 4.65. The second-order valence-electron chi connectivity index (χ2n) is 5.90. The second-order valence-corrected chi connectivity index (χ2v) is 5.90. The van der Waals surface area contributed by atoms with Crippen LogP contribution in [-0.4, -0.2) is 19.6 Å². The molecule has 1 aromatic carbocycles. The van der Waals surface area contributed by atoms with Crippen LogP contribution < -0.4 is 10.2 Å². The predicted molar refractivity (Wildman–Crippen MR) is 70.5 cm³/mol. The maximum absolute atomic E-state index is 3.53. The molecule has 2 nitrogen and oxygen atoms in total. The first-order valence-electron chi connectivity index (χ1n) is 6.97. The Morgan fingerprint density at radius 1 is 1.18 bits per heavy atom. The lowest BCUT2D eigenvalue weighted by Crippen LogP contribution is -2.34. The van der Waals surface area contributed by atoms with Gasteiger partial charge in [0, 0.05) is 37.3 Å². The molecule has 2 aliphatic heterocycles. The fourth-order valence-electron chi connectivity index (χ4n) is 4.17. The minimum absolute atomic E-state index is 0.517. The van der Waals surface area contributed by atoms with Gasteiger partial charge in [-0.1, -0.05) is 31.0 Å². The summed E-state index contributed by atoms with van der Waals surface area (Å²) in [6.07, 6.45) is 5.67. The average Bonchev–Trinajstić information content (AvgIpc) is 2.87. The maximum atomic E-state index is 3.53. The zero-order valence-corrected chi connectivity index (χ0v) is 10.3. The topological polar surface area (TPSA) is 15.3 Å². The van der Waals surface area contributed by atoms with Crippen LogP contribution in [0.25, 0.3) is 0 Å². The van der Waals surface area contributed by atoms with E-state index in [1.54, 1.807) is 11.3 Å². The third-order valence-corrected chi connectivity index (χ3v) is 4.94. The van der Waals surface area contributed by atoms with Gasteiger partial charge in [-0.2, -0.15) is 0 Å². The van der Waals surface area contributed by atoms with Crippen molar-refractivity contribution < 1.29 is 0 Å². The molecule has 3 aliphatic rings. The van der Waals surface area contributed by atoms with Crippen molar-refractivity contribution >= 4 is 5.69 Å². The van der Waals surface area contributed by atoms with Gasteiger partial charge >= 0.3 is 0 Å². The van der Waals surface area contributed by atoms with Crippen molar-refractivity contribution in [1.82, 2.24) is 5.32 Å². The van der Waals surface area contributed by atoms with Crippen molar-refractivity contribution in [2.24, 2.45) is 0 Å². The van der Waals surface area contributed by atoms with Crippen LogP contribution in [0, 0.1) is 0 Å². The summed E-state index contributed by atoms with van der Waals surface area (Å²) in [4.78, 5) is 2.65. The van der Waals surface area contributed by atoms with Crippen LogP contribution in [0.3, 0.4) is 0 Å². The molecule has 1 spiro atoms. The Hall–Kier alpha value is -1.02. The summed E-state index contributed by atoms with van der Waals surface area (Å²) < 4.78 is 0. The summed E-state index contributed by atoms with van der Waals surface area (Å²) >= 11 is 0. The van der Waals surface area contributed by atoms with Crippen LogP contribution >= 0.6 is 0 Å². The Bertz CT molecular complexity index is 446. The Balaban J connectivity index is 1.90. The van der Waals surface area contributed by atoms with Gasteiger partial charge in [0.15, 0.2) is 0 Å². The van der Waals surface area contributed by atoms with Gasteiger partial charge < -0.3 is 10.2 Å². The Morgan fingerprint density at radius 3 is 2.94 bits per heavy atom. The first-order chi connectivity index (χ1) is 8.39. The Morgan fingerprint density at radius 2 is 2.06 bits per heavy atom. The fourth-order valence-corrected chi connectivity index (χ4v) is 4.17. The third-order valence-electron chi connectivity index (χ3n) is 4.94. The van der Waals surface area contributed by atoms with E-state index < -0.39 is 0 Å². The van der Waals surface area contributed by atoms with Crippen LogP contribution in [0.2, 0.25) is 0 Å². The minimum Gasteiger partial charge on any atom is -0.369 e. The first-order valence-corrected chi connectivity index (χ1v) is 6.97. The lowest BCUT2D eigenvalue weighted by molar-refractivity contribution is 0.464. The number of hydrogen-bond acceptors (Lipinski definition) is 2. The molecule has 1 aromatic rings. The molecule has 0 atom stereocenters. The highest BCUT2D eigenvalue weighted by atomic mass is 15.2. The summed E-state index contributed by atoms with van der Waals surface area (Å²) in [5, 5.41) is 3.53. The van der Waals surface area contributed by atoms with Crippen LogP contribution in [0.15, 0.2) is 18.2 Å². The van der Waals surface area contributed by atoms with E-state index in [0.717, 1.165) is 13.1 Å². The molecule has 0 radical (unpaired) electrons. The number of rotatable bonds is 0. The van der Waals surface area contributed by atoms with Gasteiger partial charge in [-0.05, 0) is 24.0 Å². The zero-order valence-electron chi connectivity index (χ0n) is 10.3. The Kier molecular flexibility index (Phi) is 2.04. The minimum atomic E-state index is 0.517. The molecule has 0 unspecified atom stereocenters. The van der Waals surface area contributed by atoms with Gasteiger partial charge in [0.05, 0.1) is 0 Å². The molecule has 17 heavy (non-hydrogen) atoms. The molecule has 1 saturated carbocycles. The van der Waals surface area contributed by atoms with Gasteiger partial charge in [-0.15, -0.1) is 0 Å². The first kappa shape index (κ1) is 9.95. The SMILES string of the molecule is c1cc2c3c(c1)C1(CCCC1)CN3CCNC2. The lowest BCUT2D eigenvalue weighted by atomic mass is 9.80. The van der Waals surface area contributed by atoms with Gasteiger partial charge in [-0.3, -0.25) is 0 Å². The fraction of sp³-hybridized carbons (Fsp3) is 0.600. The lowest BCUT2D eigenvalue weighted by Gasteiger charge is -2.25. The quantitative estimate of drug-likeness (QED) is 0.733. The van der Waals surface area contributed by atoms with Crippen LogP contribution in [-0.2, 0) is 12.0 Å². The van der Waals surface area contributed by atoms with Gasteiger partial charge in [-0.25, -0.2) is 0 Å². The summed E-state index contributed by atoms with van der Waals surface area (Å²) in [5.41, 5.74) is 5.28. The highest BCUT2D eigenvalue weighted by Gasteiger charge is 2.45. The molecular formula is C15H20N2. The van der Waals surface area contributed by atoms with Gasteiger partial charge in [0.2, 0.25) is 0 Å². The summed E-state index contributed by atoms with van der Waals surface area (Å²) in [7, 11) is 0. The molecule has 4 rings (SSSR count). The number of hydrogen-bond donors (Lipinski definition) is 1. The van der Waals surface area contributed by atoms with Gasteiger partial charge in [0.1, 0.15) is 0 Å². The highest BCUT2D eigenvalue weighted by molar-refractivity contribution is 5.68. The third kappa shape index (κ3) is 1.30. The van der Waals surface area contributed by atoms with Crippen LogP contribution in [0.1, 0.15) is 36.8 Å². The molecule has 1 fully saturated rings. The number of nitrogens with one attached hydrogen (secondary N) is 1. The van der Waals surface area contributed by atoms with Crippen molar-refractivity contribution in [3.8, 4) is 0 Å². The molecule has 1 N–H and O–H groups in total. The zero-order chi connectivity index (χ0) is 11.3. The monoisotopic (exact) mass is 228 g/mol. The van der Waals surface area contributed by atoms with E-state index in [0.29, 0.717) is 5.41 Å². The summed E-state index contributed by atoms with van der Waals surface area (Å²) in [5.74, 6) is 0. The van der Waals surface area contributed by atoms with Crippen molar-refractivity contribution in [3.63, 3.8) is 0 Å². The molecule has 0 saturated heterocycles. The normalized spacial score (nSPS) is 25.1. The summed E-state index contributed by atoms with van der Waals surface area (Å²) in [6, 6.07) is 6.97. The number of fused-ring (bicyclic) bond motifs is 1. The van der Waals surface area contributed by atoms with Gasteiger partial charge in [0.25, 0.3) is 0 Å². The predicted octanol–water partition coefficient (Wildman–Crippen LogP) is 2.42. The number of para-hydroxylation sites is 1. The van der Waals surface area contributed by atoms with E-state index >= 15 is 0 Å². The van der Waals surface area contributed by atoms with Crippen LogP contribution in [0.4, 0.5) is 5.69 Å². The second kappa shape index (κ2) is 3.49. The van der Waals surface area contributed by atoms with E-state index in [1.165, 1.54) is 44.3 Å². The molecule has 0 aromatic heterocycles. The maximum Gasteiger partial charge on any atom is 0.0451 e. The average molecular weight is 228 g/mol. The molecule has 0 amide bonds. The number of anilines is 1. The van der Waals surface area contributed by atoms with E-state index in [1.807, 2.05) is 0 Å². The number of benzene rings is 1. The largest absolute Gasteiger partial charge is 0.369 e. The number of nitrogens with zero attached hydrogens (tertiary/aromatic N) is 1. The standard InChI is InChI=1S/C15H20N2/c1-2-7-15(6-1)11-17-9-8-16-10-12-4-3-5-13(15)14(12)17/h3-5,16H,1-2,6-11H2. The molecular weight excluding hydrogens is 208 g/mol.